The van der Waals surface area contributed by atoms with E-state index in [0.29, 0.717) is 13.0 Å². The molecule has 1 rings (SSSR count). The molecule has 0 saturated heterocycles. The average molecular weight is 254 g/mol. The van der Waals surface area contributed by atoms with Crippen LogP contribution in [0.4, 0.5) is 4.39 Å². The number of esters is 1. The van der Waals surface area contributed by atoms with Crippen LogP contribution in [0, 0.1) is 5.95 Å². The first kappa shape index (κ1) is 14.1. The molecule has 1 aromatic heterocycles. The normalized spacial score (nSPS) is 9.94. The van der Waals surface area contributed by atoms with Crippen LogP contribution in [0.1, 0.15) is 23.2 Å². The molecule has 1 heterocycles. The fourth-order valence-electron chi connectivity index (χ4n) is 1.42. The molecule has 0 saturated carbocycles. The van der Waals surface area contributed by atoms with E-state index < -0.39 is 11.9 Å². The highest BCUT2D eigenvalue weighted by atomic mass is 19.1. The van der Waals surface area contributed by atoms with E-state index in [0.717, 1.165) is 0 Å². The molecule has 0 spiro atoms. The van der Waals surface area contributed by atoms with Gasteiger partial charge in [0.05, 0.1) is 12.7 Å². The molecule has 0 radical (unpaired) electrons. The van der Waals surface area contributed by atoms with Gasteiger partial charge in [-0.2, -0.15) is 4.39 Å². The van der Waals surface area contributed by atoms with Gasteiger partial charge in [0.25, 0.3) is 5.91 Å². The molecule has 98 valence electrons. The number of nitrogens with zero attached hydrogens (tertiary/aromatic N) is 2. The number of hydrogen-bond donors (Lipinski definition) is 0. The maximum atomic E-state index is 13.3. The summed E-state index contributed by atoms with van der Waals surface area (Å²) in [6.45, 7) is 0.349. The SMILES string of the molecule is COC(=O)CCCN(C)C(=O)c1cccnc1F. The van der Waals surface area contributed by atoms with Crippen LogP contribution in [-0.2, 0) is 9.53 Å². The highest BCUT2D eigenvalue weighted by Gasteiger charge is 2.16. The van der Waals surface area contributed by atoms with Gasteiger partial charge in [0.1, 0.15) is 0 Å². The zero-order chi connectivity index (χ0) is 13.5. The minimum atomic E-state index is -0.790. The summed E-state index contributed by atoms with van der Waals surface area (Å²) in [5.41, 5.74) is -0.0712. The van der Waals surface area contributed by atoms with Gasteiger partial charge in [-0.3, -0.25) is 9.59 Å². The van der Waals surface area contributed by atoms with E-state index >= 15 is 0 Å². The molecular formula is C12H15FN2O3. The molecular weight excluding hydrogens is 239 g/mol. The summed E-state index contributed by atoms with van der Waals surface area (Å²) in [7, 11) is 2.86. The minimum Gasteiger partial charge on any atom is -0.469 e. The molecule has 0 unspecified atom stereocenters. The van der Waals surface area contributed by atoms with Crippen LogP contribution >= 0.6 is 0 Å². The van der Waals surface area contributed by atoms with Crippen molar-refractivity contribution in [2.45, 2.75) is 12.8 Å². The predicted octanol–water partition coefficient (Wildman–Crippen LogP) is 1.25. The molecule has 0 aliphatic heterocycles. The van der Waals surface area contributed by atoms with E-state index in [-0.39, 0.29) is 18.0 Å². The number of aromatic nitrogens is 1. The molecule has 6 heteroatoms. The van der Waals surface area contributed by atoms with Crippen molar-refractivity contribution < 1.29 is 18.7 Å². The Morgan fingerprint density at radius 3 is 2.83 bits per heavy atom. The van der Waals surface area contributed by atoms with Crippen LogP contribution < -0.4 is 0 Å². The number of ether oxygens (including phenoxy) is 1. The van der Waals surface area contributed by atoms with Crippen molar-refractivity contribution >= 4 is 11.9 Å². The Hall–Kier alpha value is -1.98. The second-order valence-corrected chi connectivity index (χ2v) is 3.75. The van der Waals surface area contributed by atoms with Crippen molar-refractivity contribution in [2.24, 2.45) is 0 Å². The Morgan fingerprint density at radius 2 is 2.22 bits per heavy atom. The van der Waals surface area contributed by atoms with E-state index in [1.54, 1.807) is 7.05 Å². The Morgan fingerprint density at radius 1 is 1.50 bits per heavy atom. The number of carbonyl (C=O) groups excluding carboxylic acids is 2. The van der Waals surface area contributed by atoms with E-state index in [2.05, 4.69) is 9.72 Å². The molecule has 0 bridgehead atoms. The van der Waals surface area contributed by atoms with Crippen LogP contribution in [0.3, 0.4) is 0 Å². The van der Waals surface area contributed by atoms with E-state index in [1.807, 2.05) is 0 Å². The standard InChI is InChI=1S/C12H15FN2O3/c1-15(8-4-6-10(16)18-2)12(17)9-5-3-7-14-11(9)13/h3,5,7H,4,6,8H2,1-2H3. The molecule has 0 aliphatic rings. The van der Waals surface area contributed by atoms with Crippen LogP contribution in [0.15, 0.2) is 18.3 Å². The van der Waals surface area contributed by atoms with Crippen molar-refractivity contribution in [3.8, 4) is 0 Å². The third-order valence-electron chi connectivity index (χ3n) is 2.44. The summed E-state index contributed by atoms with van der Waals surface area (Å²) in [6, 6.07) is 2.88. The van der Waals surface area contributed by atoms with E-state index in [9.17, 15) is 14.0 Å². The molecule has 1 aromatic rings. The summed E-state index contributed by atoms with van der Waals surface area (Å²) < 4.78 is 17.8. The Bertz CT molecular complexity index is 437. The highest BCUT2D eigenvalue weighted by Crippen LogP contribution is 2.07. The van der Waals surface area contributed by atoms with Crippen LogP contribution in [0.5, 0.6) is 0 Å². The third-order valence-corrected chi connectivity index (χ3v) is 2.44. The summed E-state index contributed by atoms with van der Waals surface area (Å²) >= 11 is 0. The number of methoxy groups -OCH3 is 1. The zero-order valence-corrected chi connectivity index (χ0v) is 10.4. The monoisotopic (exact) mass is 254 g/mol. The lowest BCUT2D eigenvalue weighted by Crippen LogP contribution is -2.29. The lowest BCUT2D eigenvalue weighted by atomic mass is 10.2. The number of hydrogen-bond acceptors (Lipinski definition) is 4. The van der Waals surface area contributed by atoms with Crippen molar-refractivity contribution in [3.05, 3.63) is 29.8 Å². The number of rotatable bonds is 5. The van der Waals surface area contributed by atoms with Gasteiger partial charge in [0.15, 0.2) is 0 Å². The zero-order valence-electron chi connectivity index (χ0n) is 10.4. The van der Waals surface area contributed by atoms with Gasteiger partial charge in [-0.05, 0) is 18.6 Å². The van der Waals surface area contributed by atoms with Gasteiger partial charge in [-0.15, -0.1) is 0 Å². The molecule has 0 aliphatic carbocycles. The molecule has 18 heavy (non-hydrogen) atoms. The van der Waals surface area contributed by atoms with Gasteiger partial charge in [0, 0.05) is 26.2 Å². The number of carbonyl (C=O) groups is 2. The Kier molecular flexibility index (Phi) is 5.23. The lowest BCUT2D eigenvalue weighted by molar-refractivity contribution is -0.140. The first-order valence-corrected chi connectivity index (χ1v) is 5.49. The average Bonchev–Trinajstić information content (AvgIpc) is 2.38. The first-order chi connectivity index (χ1) is 8.56. The van der Waals surface area contributed by atoms with Crippen LogP contribution in [0.25, 0.3) is 0 Å². The fourth-order valence-corrected chi connectivity index (χ4v) is 1.42. The van der Waals surface area contributed by atoms with Gasteiger partial charge in [-0.1, -0.05) is 0 Å². The van der Waals surface area contributed by atoms with Crippen LogP contribution in [0.2, 0.25) is 0 Å². The summed E-state index contributed by atoms with van der Waals surface area (Å²) in [5.74, 6) is -1.57. The molecule has 5 nitrogen and oxygen atoms in total. The van der Waals surface area contributed by atoms with E-state index in [4.69, 9.17) is 0 Å². The maximum Gasteiger partial charge on any atom is 0.305 e. The number of pyridine rings is 1. The highest BCUT2D eigenvalue weighted by molar-refractivity contribution is 5.93. The van der Waals surface area contributed by atoms with Gasteiger partial charge < -0.3 is 9.64 Å². The molecule has 1 amide bonds. The quantitative estimate of drug-likeness (QED) is 0.586. The maximum absolute atomic E-state index is 13.3. The second-order valence-electron chi connectivity index (χ2n) is 3.75. The van der Waals surface area contributed by atoms with Crippen molar-refractivity contribution in [2.75, 3.05) is 20.7 Å². The third kappa shape index (κ3) is 3.80. The molecule has 0 N–H and O–H groups in total. The Labute approximate surface area is 105 Å². The largest absolute Gasteiger partial charge is 0.469 e. The van der Waals surface area contributed by atoms with E-state index in [1.165, 1.54) is 30.3 Å². The second kappa shape index (κ2) is 6.68. The van der Waals surface area contributed by atoms with Gasteiger partial charge in [-0.25, -0.2) is 4.98 Å². The summed E-state index contributed by atoms with van der Waals surface area (Å²) in [4.78, 5) is 27.5. The molecule has 0 atom stereocenters. The van der Waals surface area contributed by atoms with Crippen molar-refractivity contribution in [3.63, 3.8) is 0 Å². The number of amides is 1. The number of halogens is 1. The van der Waals surface area contributed by atoms with Crippen LogP contribution in [-0.4, -0.2) is 42.5 Å². The smallest absolute Gasteiger partial charge is 0.305 e. The van der Waals surface area contributed by atoms with Crippen molar-refractivity contribution in [1.82, 2.24) is 9.88 Å². The minimum absolute atomic E-state index is 0.0712. The summed E-state index contributed by atoms with van der Waals surface area (Å²) in [6.07, 6.45) is 1.98. The predicted molar refractivity (Wildman–Crippen MR) is 62.4 cm³/mol. The fraction of sp³-hybridized carbons (Fsp3) is 0.417. The first-order valence-electron chi connectivity index (χ1n) is 5.49. The molecule has 0 fully saturated rings. The summed E-state index contributed by atoms with van der Waals surface area (Å²) in [5, 5.41) is 0. The Balaban J connectivity index is 2.52. The van der Waals surface area contributed by atoms with Gasteiger partial charge in [0.2, 0.25) is 5.95 Å². The molecule has 0 aromatic carbocycles. The van der Waals surface area contributed by atoms with Crippen molar-refractivity contribution in [1.29, 1.82) is 0 Å². The lowest BCUT2D eigenvalue weighted by Gasteiger charge is -2.16. The van der Waals surface area contributed by atoms with Gasteiger partial charge >= 0.3 is 5.97 Å². The topological polar surface area (TPSA) is 59.5 Å².